The van der Waals surface area contributed by atoms with Crippen molar-refractivity contribution in [2.75, 3.05) is 25.1 Å². The highest BCUT2D eigenvalue weighted by Gasteiger charge is 2.37. The molecule has 0 bridgehead atoms. The first-order valence-electron chi connectivity index (χ1n) is 11.5. The molecule has 1 aliphatic heterocycles. The largest absolute Gasteiger partial charge is 0.493 e. The van der Waals surface area contributed by atoms with Crippen LogP contribution in [0.1, 0.15) is 36.8 Å². The van der Waals surface area contributed by atoms with E-state index in [9.17, 15) is 4.79 Å². The van der Waals surface area contributed by atoms with Gasteiger partial charge in [-0.05, 0) is 61.9 Å². The summed E-state index contributed by atoms with van der Waals surface area (Å²) < 4.78 is 11.6. The Kier molecular flexibility index (Phi) is 7.13. The number of piperidine rings is 1. The molecule has 2 aliphatic rings. The zero-order chi connectivity index (χ0) is 23.2. The van der Waals surface area contributed by atoms with Gasteiger partial charge in [-0.2, -0.15) is 5.26 Å². The number of pyridine rings is 1. The Balaban J connectivity index is 1.23. The number of allylic oxidation sites excluding steroid dienone is 1. The number of rotatable bonds is 8. The molecule has 2 aromatic rings. The highest BCUT2D eigenvalue weighted by molar-refractivity contribution is 5.80. The van der Waals surface area contributed by atoms with E-state index < -0.39 is 0 Å². The minimum Gasteiger partial charge on any atom is -0.493 e. The SMILES string of the molecule is C=CCc1ccc(OC)c(O[C@H]2C[C@H](C(=O)NC3CCN(c4cc(C#N)ccn4)CC3)C2)c1. The quantitative estimate of drug-likeness (QED) is 0.623. The van der Waals surface area contributed by atoms with Crippen molar-refractivity contribution in [1.29, 1.82) is 5.26 Å². The summed E-state index contributed by atoms with van der Waals surface area (Å²) in [6.45, 7) is 5.41. The van der Waals surface area contributed by atoms with Crippen LogP contribution in [-0.2, 0) is 11.2 Å². The van der Waals surface area contributed by atoms with Gasteiger partial charge in [0.2, 0.25) is 5.91 Å². The Morgan fingerprint density at radius 3 is 2.76 bits per heavy atom. The summed E-state index contributed by atoms with van der Waals surface area (Å²) in [6, 6.07) is 11.8. The number of aromatic nitrogens is 1. The highest BCUT2D eigenvalue weighted by Crippen LogP contribution is 2.36. The van der Waals surface area contributed by atoms with Gasteiger partial charge in [0.25, 0.3) is 0 Å². The molecule has 2 fully saturated rings. The number of amides is 1. The summed E-state index contributed by atoms with van der Waals surface area (Å²) in [7, 11) is 1.63. The molecule has 1 saturated carbocycles. The number of methoxy groups -OCH3 is 1. The normalized spacial score (nSPS) is 20.3. The molecule has 7 heteroatoms. The van der Waals surface area contributed by atoms with Crippen LogP contribution in [0.4, 0.5) is 5.82 Å². The van der Waals surface area contributed by atoms with Gasteiger partial charge in [-0.3, -0.25) is 4.79 Å². The lowest BCUT2D eigenvalue weighted by molar-refractivity contribution is -0.131. The second-order valence-corrected chi connectivity index (χ2v) is 8.67. The van der Waals surface area contributed by atoms with Gasteiger partial charge in [-0.15, -0.1) is 6.58 Å². The fraction of sp³-hybridized carbons (Fsp3) is 0.423. The Morgan fingerprint density at radius 1 is 1.27 bits per heavy atom. The van der Waals surface area contributed by atoms with Crippen LogP contribution in [0.2, 0.25) is 0 Å². The second-order valence-electron chi connectivity index (χ2n) is 8.67. The predicted octanol–water partition coefficient (Wildman–Crippen LogP) is 3.63. The third-order valence-corrected chi connectivity index (χ3v) is 6.41. The van der Waals surface area contributed by atoms with Crippen LogP contribution in [0.5, 0.6) is 11.5 Å². The minimum atomic E-state index is -0.00985. The van der Waals surface area contributed by atoms with Crippen molar-refractivity contribution in [2.45, 2.75) is 44.2 Å². The van der Waals surface area contributed by atoms with Crippen LogP contribution in [0, 0.1) is 17.2 Å². The third kappa shape index (κ3) is 5.46. The molecule has 0 unspecified atom stereocenters. The smallest absolute Gasteiger partial charge is 0.223 e. The lowest BCUT2D eigenvalue weighted by Gasteiger charge is -2.37. The molecule has 1 saturated heterocycles. The molecule has 4 rings (SSSR count). The average molecular weight is 447 g/mol. The van der Waals surface area contributed by atoms with E-state index in [0.29, 0.717) is 24.2 Å². The molecule has 1 aromatic carbocycles. The first-order chi connectivity index (χ1) is 16.1. The Morgan fingerprint density at radius 2 is 2.06 bits per heavy atom. The Bertz CT molecular complexity index is 1030. The van der Waals surface area contributed by atoms with Gasteiger partial charge in [0.15, 0.2) is 11.5 Å². The van der Waals surface area contributed by atoms with Crippen molar-refractivity contribution >= 4 is 11.7 Å². The van der Waals surface area contributed by atoms with Crippen LogP contribution in [0.3, 0.4) is 0 Å². The van der Waals surface area contributed by atoms with Crippen molar-refractivity contribution in [2.24, 2.45) is 5.92 Å². The number of hydrogen-bond donors (Lipinski definition) is 1. The van der Waals surface area contributed by atoms with E-state index in [1.54, 1.807) is 19.4 Å². The number of carbonyl (C=O) groups excluding carboxylic acids is 1. The number of carbonyl (C=O) groups is 1. The van der Waals surface area contributed by atoms with E-state index in [0.717, 1.165) is 49.5 Å². The molecule has 1 amide bonds. The summed E-state index contributed by atoms with van der Waals surface area (Å²) in [6.07, 6.45) is 7.48. The van der Waals surface area contributed by atoms with E-state index in [1.165, 1.54) is 0 Å². The van der Waals surface area contributed by atoms with Crippen LogP contribution < -0.4 is 19.7 Å². The van der Waals surface area contributed by atoms with Crippen molar-refractivity contribution in [3.8, 4) is 17.6 Å². The Hall–Kier alpha value is -3.53. The lowest BCUT2D eigenvalue weighted by atomic mass is 9.81. The van der Waals surface area contributed by atoms with Crippen molar-refractivity contribution in [3.05, 3.63) is 60.3 Å². The van der Waals surface area contributed by atoms with Gasteiger partial charge in [0.1, 0.15) is 11.9 Å². The summed E-state index contributed by atoms with van der Waals surface area (Å²) >= 11 is 0. The predicted molar refractivity (Wildman–Crippen MR) is 126 cm³/mol. The van der Waals surface area contributed by atoms with Crippen LogP contribution in [-0.4, -0.2) is 43.2 Å². The first kappa shape index (κ1) is 22.7. The molecule has 33 heavy (non-hydrogen) atoms. The van der Waals surface area contributed by atoms with E-state index >= 15 is 0 Å². The van der Waals surface area contributed by atoms with Crippen molar-refractivity contribution in [3.63, 3.8) is 0 Å². The van der Waals surface area contributed by atoms with Crippen LogP contribution in [0.25, 0.3) is 0 Å². The molecule has 172 valence electrons. The minimum absolute atomic E-state index is 0.00985. The second kappa shape index (κ2) is 10.4. The van der Waals surface area contributed by atoms with E-state index in [1.807, 2.05) is 30.3 Å². The maximum absolute atomic E-state index is 12.7. The molecule has 1 aliphatic carbocycles. The maximum Gasteiger partial charge on any atom is 0.223 e. The fourth-order valence-electron chi connectivity index (χ4n) is 4.40. The van der Waals surface area contributed by atoms with Crippen molar-refractivity contribution in [1.82, 2.24) is 10.3 Å². The number of nitriles is 1. The molecule has 0 spiro atoms. The van der Waals surface area contributed by atoms with Gasteiger partial charge in [-0.25, -0.2) is 4.98 Å². The highest BCUT2D eigenvalue weighted by atomic mass is 16.5. The zero-order valence-electron chi connectivity index (χ0n) is 19.0. The monoisotopic (exact) mass is 446 g/mol. The van der Waals surface area contributed by atoms with Crippen LogP contribution in [0.15, 0.2) is 49.2 Å². The molecule has 0 atom stereocenters. The van der Waals surface area contributed by atoms with Crippen LogP contribution >= 0.6 is 0 Å². The number of anilines is 1. The molecular formula is C26H30N4O3. The molecular weight excluding hydrogens is 416 g/mol. The summed E-state index contributed by atoms with van der Waals surface area (Å²) in [4.78, 5) is 19.3. The number of benzene rings is 1. The van der Waals surface area contributed by atoms with Gasteiger partial charge in [-0.1, -0.05) is 12.1 Å². The average Bonchev–Trinajstić information content (AvgIpc) is 2.82. The number of hydrogen-bond acceptors (Lipinski definition) is 6. The van der Waals surface area contributed by atoms with E-state index in [2.05, 4.69) is 27.8 Å². The number of nitrogens with zero attached hydrogens (tertiary/aromatic N) is 3. The molecule has 0 radical (unpaired) electrons. The molecule has 2 heterocycles. The van der Waals surface area contributed by atoms with E-state index in [-0.39, 0.29) is 24.0 Å². The third-order valence-electron chi connectivity index (χ3n) is 6.41. The van der Waals surface area contributed by atoms with Gasteiger partial charge < -0.3 is 19.7 Å². The van der Waals surface area contributed by atoms with Gasteiger partial charge in [0.05, 0.1) is 18.7 Å². The van der Waals surface area contributed by atoms with Gasteiger partial charge in [0, 0.05) is 31.2 Å². The number of nitrogens with one attached hydrogen (secondary N) is 1. The Labute approximate surface area is 195 Å². The number of ether oxygens (including phenoxy) is 2. The fourth-order valence-corrected chi connectivity index (χ4v) is 4.40. The van der Waals surface area contributed by atoms with Gasteiger partial charge >= 0.3 is 0 Å². The summed E-state index contributed by atoms with van der Waals surface area (Å²) in [5.74, 6) is 2.36. The lowest BCUT2D eigenvalue weighted by Crippen LogP contribution is -2.50. The van der Waals surface area contributed by atoms with E-state index in [4.69, 9.17) is 14.7 Å². The molecule has 1 N–H and O–H groups in total. The van der Waals surface area contributed by atoms with Crippen molar-refractivity contribution < 1.29 is 14.3 Å². The standard InChI is InChI=1S/C26H30N4O3/c1-3-4-18-5-6-23(32-2)24(13-18)33-22-15-20(16-22)26(31)29-21-8-11-30(12-9-21)25-14-19(17-27)7-10-28-25/h3,5-7,10,13-14,20-22H,1,4,8-9,11-12,15-16H2,2H3,(H,29,31)/t20-,22-. The maximum atomic E-state index is 12.7. The topological polar surface area (TPSA) is 87.5 Å². The summed E-state index contributed by atoms with van der Waals surface area (Å²) in [5, 5.41) is 12.3. The molecule has 1 aromatic heterocycles. The summed E-state index contributed by atoms with van der Waals surface area (Å²) in [5.41, 5.74) is 1.73. The zero-order valence-corrected chi connectivity index (χ0v) is 19.0. The first-order valence-corrected chi connectivity index (χ1v) is 11.5. The molecule has 7 nitrogen and oxygen atoms in total.